The number of aromatic nitrogens is 5. The zero-order chi connectivity index (χ0) is 19.5. The van der Waals surface area contributed by atoms with Crippen LogP contribution in [0, 0.1) is 0 Å². The first-order valence-electron chi connectivity index (χ1n) is 9.49. The maximum Gasteiger partial charge on any atom is 0.269 e. The Morgan fingerprint density at radius 2 is 2.18 bits per heavy atom. The summed E-state index contributed by atoms with van der Waals surface area (Å²) >= 11 is 1.26. The van der Waals surface area contributed by atoms with Crippen LogP contribution in [0.4, 0.5) is 0 Å². The van der Waals surface area contributed by atoms with Crippen molar-refractivity contribution in [3.63, 3.8) is 0 Å². The number of fused-ring (bicyclic) bond motifs is 1. The van der Waals surface area contributed by atoms with Crippen molar-refractivity contribution in [1.82, 2.24) is 29.6 Å². The lowest BCUT2D eigenvalue weighted by Gasteiger charge is -2.35. The zero-order valence-electron chi connectivity index (χ0n) is 15.7. The number of para-hydroxylation sites is 1. The number of carbonyl (C=O) groups is 1. The van der Waals surface area contributed by atoms with Crippen molar-refractivity contribution in [2.24, 2.45) is 0 Å². The Labute approximate surface area is 166 Å². The average molecular weight is 398 g/mol. The number of carbonyl (C=O) groups excluding carboxylic acids is 1. The molecule has 0 unspecified atom stereocenters. The molecule has 0 radical (unpaired) electrons. The lowest BCUT2D eigenvalue weighted by atomic mass is 10.0. The molecule has 0 saturated carbocycles. The molecular weight excluding hydrogens is 376 g/mol. The first-order valence-corrected chi connectivity index (χ1v) is 10.5. The van der Waals surface area contributed by atoms with Crippen LogP contribution in [0.3, 0.4) is 0 Å². The van der Waals surface area contributed by atoms with Gasteiger partial charge in [0.05, 0.1) is 16.7 Å². The number of benzene rings is 1. The van der Waals surface area contributed by atoms with E-state index < -0.39 is 0 Å². The van der Waals surface area contributed by atoms with Crippen LogP contribution in [0.2, 0.25) is 0 Å². The van der Waals surface area contributed by atoms with Crippen molar-refractivity contribution in [2.75, 3.05) is 12.3 Å². The van der Waals surface area contributed by atoms with Gasteiger partial charge in [0.25, 0.3) is 5.56 Å². The summed E-state index contributed by atoms with van der Waals surface area (Å²) in [6.45, 7) is 2.92. The molecule has 2 aromatic heterocycles. The minimum atomic E-state index is -0.235. The molecule has 0 bridgehead atoms. The summed E-state index contributed by atoms with van der Waals surface area (Å²) in [5, 5.41) is 7.49. The number of rotatable bonds is 5. The van der Waals surface area contributed by atoms with Crippen molar-refractivity contribution in [3.05, 3.63) is 40.9 Å². The van der Waals surface area contributed by atoms with Crippen molar-refractivity contribution in [2.45, 2.75) is 43.8 Å². The van der Waals surface area contributed by atoms with E-state index in [-0.39, 0.29) is 17.2 Å². The Balaban J connectivity index is 1.65. The highest BCUT2D eigenvalue weighted by Gasteiger charge is 2.26. The zero-order valence-corrected chi connectivity index (χ0v) is 16.5. The fourth-order valence-electron chi connectivity index (χ4n) is 3.67. The molecule has 28 heavy (non-hydrogen) atoms. The van der Waals surface area contributed by atoms with Crippen LogP contribution in [0.5, 0.6) is 0 Å². The standard InChI is InChI=1S/C19H22N6O2S/c1-2-13-7-5-6-10-24(13)16(26)11-28-19-22-15-9-4-3-8-14(15)17(27)25(19)18-20-12-21-23-18/h3-4,8-9,12-13H,2,5-7,10-11H2,1H3,(H,20,21,23)/t13-/m0/s1. The number of thioether (sulfide) groups is 1. The first-order chi connectivity index (χ1) is 13.7. The molecule has 3 heterocycles. The van der Waals surface area contributed by atoms with Gasteiger partial charge >= 0.3 is 0 Å². The quantitative estimate of drug-likeness (QED) is 0.524. The summed E-state index contributed by atoms with van der Waals surface area (Å²) in [4.78, 5) is 36.6. The van der Waals surface area contributed by atoms with Crippen molar-refractivity contribution >= 4 is 28.6 Å². The molecule has 0 aliphatic carbocycles. The predicted molar refractivity (Wildman–Crippen MR) is 108 cm³/mol. The summed E-state index contributed by atoms with van der Waals surface area (Å²) < 4.78 is 1.39. The number of nitrogens with zero attached hydrogens (tertiary/aromatic N) is 5. The minimum absolute atomic E-state index is 0.0862. The molecule has 1 aliphatic heterocycles. The van der Waals surface area contributed by atoms with Gasteiger partial charge in [-0.1, -0.05) is 30.8 Å². The van der Waals surface area contributed by atoms with E-state index in [1.165, 1.54) is 29.1 Å². The molecule has 9 heteroatoms. The van der Waals surface area contributed by atoms with Crippen LogP contribution in [0.1, 0.15) is 32.6 Å². The molecule has 1 aromatic carbocycles. The smallest absolute Gasteiger partial charge is 0.269 e. The Hall–Kier alpha value is -2.68. The molecule has 1 atom stereocenters. The highest BCUT2D eigenvalue weighted by molar-refractivity contribution is 7.99. The number of piperidine rings is 1. The second kappa shape index (κ2) is 8.14. The van der Waals surface area contributed by atoms with E-state index in [2.05, 4.69) is 27.1 Å². The third kappa shape index (κ3) is 3.54. The van der Waals surface area contributed by atoms with Gasteiger partial charge < -0.3 is 4.90 Å². The lowest BCUT2D eigenvalue weighted by molar-refractivity contribution is -0.132. The molecule has 1 fully saturated rings. The van der Waals surface area contributed by atoms with Gasteiger partial charge in [0.1, 0.15) is 6.33 Å². The number of hydrogen-bond acceptors (Lipinski definition) is 6. The van der Waals surface area contributed by atoms with Gasteiger partial charge in [-0.2, -0.15) is 10.1 Å². The van der Waals surface area contributed by atoms with Gasteiger partial charge in [0.2, 0.25) is 11.9 Å². The molecule has 1 aliphatic rings. The maximum absolute atomic E-state index is 13.0. The van der Waals surface area contributed by atoms with Gasteiger partial charge in [0, 0.05) is 12.6 Å². The van der Waals surface area contributed by atoms with E-state index in [4.69, 9.17) is 0 Å². The fraction of sp³-hybridized carbons (Fsp3) is 0.421. The molecule has 1 saturated heterocycles. The monoisotopic (exact) mass is 398 g/mol. The molecule has 4 rings (SSSR count). The predicted octanol–water partition coefficient (Wildman–Crippen LogP) is 2.39. The molecule has 1 N–H and O–H groups in total. The van der Waals surface area contributed by atoms with E-state index in [0.29, 0.717) is 28.0 Å². The Bertz CT molecular complexity index is 1030. The van der Waals surface area contributed by atoms with Crippen LogP contribution in [-0.4, -0.2) is 53.9 Å². The van der Waals surface area contributed by atoms with Gasteiger partial charge in [-0.15, -0.1) is 0 Å². The number of H-pyrrole nitrogens is 1. The molecular formula is C19H22N6O2S. The summed E-state index contributed by atoms with van der Waals surface area (Å²) in [5.41, 5.74) is 0.365. The summed E-state index contributed by atoms with van der Waals surface area (Å²) in [6.07, 6.45) is 5.59. The van der Waals surface area contributed by atoms with Crippen LogP contribution in [0.15, 0.2) is 40.5 Å². The number of aromatic amines is 1. The van der Waals surface area contributed by atoms with E-state index >= 15 is 0 Å². The van der Waals surface area contributed by atoms with E-state index in [1.54, 1.807) is 18.2 Å². The second-order valence-electron chi connectivity index (χ2n) is 6.79. The molecule has 0 spiro atoms. The summed E-state index contributed by atoms with van der Waals surface area (Å²) in [6, 6.07) is 7.48. The Morgan fingerprint density at radius 3 is 2.96 bits per heavy atom. The average Bonchev–Trinajstić information content (AvgIpc) is 3.26. The first kappa shape index (κ1) is 18.7. The normalized spacial score (nSPS) is 17.2. The topological polar surface area (TPSA) is 96.8 Å². The van der Waals surface area contributed by atoms with E-state index in [9.17, 15) is 9.59 Å². The SMILES string of the molecule is CC[C@H]1CCCCN1C(=O)CSc1nc2ccccc2c(=O)n1-c1ncn[nH]1. The van der Waals surface area contributed by atoms with Gasteiger partial charge in [0.15, 0.2) is 5.16 Å². The number of nitrogens with one attached hydrogen (secondary N) is 1. The molecule has 1 amide bonds. The summed E-state index contributed by atoms with van der Waals surface area (Å²) in [7, 11) is 0. The van der Waals surface area contributed by atoms with Gasteiger partial charge in [-0.25, -0.2) is 14.6 Å². The molecule has 8 nitrogen and oxygen atoms in total. The number of hydrogen-bond donors (Lipinski definition) is 1. The van der Waals surface area contributed by atoms with Crippen molar-refractivity contribution in [1.29, 1.82) is 0 Å². The maximum atomic E-state index is 13.0. The van der Waals surface area contributed by atoms with Crippen molar-refractivity contribution in [3.8, 4) is 5.95 Å². The van der Waals surface area contributed by atoms with Gasteiger partial charge in [-0.05, 0) is 37.8 Å². The van der Waals surface area contributed by atoms with Crippen LogP contribution >= 0.6 is 11.8 Å². The third-order valence-corrected chi connectivity index (χ3v) is 6.03. The minimum Gasteiger partial charge on any atom is -0.339 e. The van der Waals surface area contributed by atoms with Gasteiger partial charge in [-0.3, -0.25) is 9.59 Å². The Kier molecular flexibility index (Phi) is 5.43. The second-order valence-corrected chi connectivity index (χ2v) is 7.74. The van der Waals surface area contributed by atoms with E-state index in [0.717, 1.165) is 25.8 Å². The van der Waals surface area contributed by atoms with Crippen molar-refractivity contribution < 1.29 is 4.79 Å². The van der Waals surface area contributed by atoms with Crippen LogP contribution in [0.25, 0.3) is 16.9 Å². The van der Waals surface area contributed by atoms with Crippen LogP contribution in [-0.2, 0) is 4.79 Å². The number of likely N-dealkylation sites (tertiary alicyclic amines) is 1. The largest absolute Gasteiger partial charge is 0.339 e. The highest BCUT2D eigenvalue weighted by atomic mass is 32.2. The number of amides is 1. The highest BCUT2D eigenvalue weighted by Crippen LogP contribution is 2.24. The molecule has 3 aromatic rings. The fourth-order valence-corrected chi connectivity index (χ4v) is 4.55. The van der Waals surface area contributed by atoms with E-state index in [1.807, 2.05) is 11.0 Å². The molecule has 146 valence electrons. The Morgan fingerprint density at radius 1 is 1.32 bits per heavy atom. The summed E-state index contributed by atoms with van der Waals surface area (Å²) in [5.74, 6) is 0.612. The lowest BCUT2D eigenvalue weighted by Crippen LogP contribution is -2.44. The van der Waals surface area contributed by atoms with Crippen LogP contribution < -0.4 is 5.56 Å². The third-order valence-electron chi connectivity index (χ3n) is 5.10.